The van der Waals surface area contributed by atoms with Crippen LogP contribution in [-0.4, -0.2) is 16.5 Å². The van der Waals surface area contributed by atoms with Crippen molar-refractivity contribution in [2.24, 2.45) is 5.73 Å². The van der Waals surface area contributed by atoms with E-state index < -0.39 is 0 Å². The Bertz CT molecular complexity index is 698. The van der Waals surface area contributed by atoms with Crippen molar-refractivity contribution in [2.75, 3.05) is 0 Å². The molecule has 0 radical (unpaired) electrons. The van der Waals surface area contributed by atoms with E-state index in [2.05, 4.69) is 16.8 Å². The lowest BCUT2D eigenvalue weighted by Crippen LogP contribution is -1.95. The van der Waals surface area contributed by atoms with E-state index in [4.69, 9.17) is 5.73 Å². The summed E-state index contributed by atoms with van der Waals surface area (Å²) in [5.41, 5.74) is 7.39. The Labute approximate surface area is 132 Å². The monoisotopic (exact) mass is 317 g/mol. The number of carbonyl (C=O) groups excluding carboxylic acids is 1. The highest BCUT2D eigenvalue weighted by Gasteiger charge is 2.15. The van der Waals surface area contributed by atoms with E-state index in [9.17, 15) is 9.18 Å². The summed E-state index contributed by atoms with van der Waals surface area (Å²) in [6.45, 7) is 3.71. The highest BCUT2D eigenvalue weighted by Crippen LogP contribution is 2.39. The van der Waals surface area contributed by atoms with Crippen molar-refractivity contribution in [1.29, 1.82) is 0 Å². The van der Waals surface area contributed by atoms with Crippen LogP contribution in [0, 0.1) is 0 Å². The fraction of sp³-hybridized carbons (Fsp3) is 0.125. The van der Waals surface area contributed by atoms with Crippen molar-refractivity contribution in [3.05, 3.63) is 70.2 Å². The lowest BCUT2D eigenvalue weighted by molar-refractivity contribution is 0.111. The van der Waals surface area contributed by atoms with Gasteiger partial charge in [-0.3, -0.25) is 9.89 Å². The topological polar surface area (TPSA) is 71.8 Å². The first-order valence-electron chi connectivity index (χ1n) is 6.67. The molecule has 0 unspecified atom stereocenters. The molecule has 1 aromatic rings. The molecule has 4 nitrogen and oxygen atoms in total. The third-order valence-electron chi connectivity index (χ3n) is 3.01. The number of halogens is 1. The van der Waals surface area contributed by atoms with E-state index in [0.717, 1.165) is 9.81 Å². The van der Waals surface area contributed by atoms with Crippen molar-refractivity contribution in [1.82, 2.24) is 10.2 Å². The van der Waals surface area contributed by atoms with Crippen LogP contribution in [0.3, 0.4) is 0 Å². The quantitative estimate of drug-likeness (QED) is 0.617. The number of carbonyl (C=O) groups is 1. The van der Waals surface area contributed by atoms with Gasteiger partial charge in [0, 0.05) is 23.1 Å². The normalized spacial score (nSPS) is 16.0. The van der Waals surface area contributed by atoms with Crippen molar-refractivity contribution < 1.29 is 9.18 Å². The zero-order valence-corrected chi connectivity index (χ0v) is 12.7. The number of aromatic nitrogens is 2. The van der Waals surface area contributed by atoms with Crippen LogP contribution in [-0.2, 0) is 0 Å². The Balaban J connectivity index is 2.28. The lowest BCUT2D eigenvalue weighted by atomic mass is 10.1. The number of allylic oxidation sites excluding steroid dienone is 7. The fourth-order valence-electron chi connectivity index (χ4n) is 1.94. The first kappa shape index (κ1) is 16.0. The molecule has 0 amide bonds. The fourth-order valence-corrected chi connectivity index (χ4v) is 3.02. The van der Waals surface area contributed by atoms with Gasteiger partial charge in [-0.15, -0.1) is 0 Å². The highest BCUT2D eigenvalue weighted by atomic mass is 32.2. The molecule has 0 bridgehead atoms. The molecule has 0 aliphatic heterocycles. The Hall–Kier alpha value is -2.34. The first-order valence-corrected chi connectivity index (χ1v) is 7.48. The van der Waals surface area contributed by atoms with Crippen LogP contribution in [0.5, 0.6) is 0 Å². The number of thioether (sulfide) groups is 1. The molecule has 6 heteroatoms. The predicted molar refractivity (Wildman–Crippen MR) is 88.5 cm³/mol. The second-order valence-electron chi connectivity index (χ2n) is 4.52. The zero-order valence-electron chi connectivity index (χ0n) is 11.9. The summed E-state index contributed by atoms with van der Waals surface area (Å²) in [5.74, 6) is -0.114. The zero-order chi connectivity index (χ0) is 15.9. The van der Waals surface area contributed by atoms with Gasteiger partial charge >= 0.3 is 0 Å². The van der Waals surface area contributed by atoms with Gasteiger partial charge in [0.2, 0.25) is 0 Å². The number of aromatic amines is 1. The SMILES string of the molecule is C=C/C=C(SC1=CC=C(F)CC1)\C(=C/N)c1cc(C=O)n[nH]1. The summed E-state index contributed by atoms with van der Waals surface area (Å²) in [7, 11) is 0. The number of nitrogens with two attached hydrogens (primary N) is 1. The molecule has 22 heavy (non-hydrogen) atoms. The summed E-state index contributed by atoms with van der Waals surface area (Å²) in [6.07, 6.45) is 9.87. The number of H-pyrrole nitrogens is 1. The maximum atomic E-state index is 13.1. The third-order valence-corrected chi connectivity index (χ3v) is 4.19. The Kier molecular flexibility index (Phi) is 5.55. The number of aldehydes is 1. The van der Waals surface area contributed by atoms with Crippen LogP contribution in [0.15, 0.2) is 58.8 Å². The van der Waals surface area contributed by atoms with Crippen molar-refractivity contribution in [2.45, 2.75) is 12.8 Å². The molecule has 1 heterocycles. The van der Waals surface area contributed by atoms with E-state index in [1.165, 1.54) is 24.0 Å². The van der Waals surface area contributed by atoms with Crippen molar-refractivity contribution in [3.63, 3.8) is 0 Å². The molecule has 3 N–H and O–H groups in total. The van der Waals surface area contributed by atoms with E-state index >= 15 is 0 Å². The van der Waals surface area contributed by atoms with Crippen LogP contribution in [0.4, 0.5) is 4.39 Å². The van der Waals surface area contributed by atoms with Crippen LogP contribution >= 0.6 is 11.8 Å². The van der Waals surface area contributed by atoms with E-state index in [1.807, 2.05) is 6.08 Å². The van der Waals surface area contributed by atoms with Gasteiger partial charge in [-0.25, -0.2) is 4.39 Å². The Morgan fingerprint density at radius 1 is 1.45 bits per heavy atom. The smallest absolute Gasteiger partial charge is 0.170 e. The molecule has 0 saturated carbocycles. The van der Waals surface area contributed by atoms with Crippen molar-refractivity contribution >= 4 is 23.6 Å². The Morgan fingerprint density at radius 2 is 2.27 bits per heavy atom. The largest absolute Gasteiger partial charge is 0.404 e. The van der Waals surface area contributed by atoms with Gasteiger partial charge < -0.3 is 5.73 Å². The molecule has 0 saturated heterocycles. The molecule has 1 aromatic heterocycles. The van der Waals surface area contributed by atoms with Gasteiger partial charge in [-0.1, -0.05) is 24.4 Å². The van der Waals surface area contributed by atoms with E-state index in [-0.39, 0.29) is 5.83 Å². The summed E-state index contributed by atoms with van der Waals surface area (Å²) in [5, 5.41) is 6.66. The molecule has 0 atom stereocenters. The minimum atomic E-state index is -0.114. The maximum Gasteiger partial charge on any atom is 0.170 e. The van der Waals surface area contributed by atoms with Gasteiger partial charge in [-0.2, -0.15) is 5.10 Å². The summed E-state index contributed by atoms with van der Waals surface area (Å²) < 4.78 is 13.1. The Morgan fingerprint density at radius 3 is 2.82 bits per heavy atom. The molecule has 0 fully saturated rings. The minimum Gasteiger partial charge on any atom is -0.404 e. The summed E-state index contributed by atoms with van der Waals surface area (Å²) >= 11 is 1.49. The van der Waals surface area contributed by atoms with Gasteiger partial charge in [0.05, 0.1) is 5.69 Å². The molecule has 2 rings (SSSR count). The molecular weight excluding hydrogens is 301 g/mol. The van der Waals surface area contributed by atoms with Crippen LogP contribution in [0.1, 0.15) is 29.0 Å². The lowest BCUT2D eigenvalue weighted by Gasteiger charge is -2.14. The summed E-state index contributed by atoms with van der Waals surface area (Å²) in [6, 6.07) is 1.62. The predicted octanol–water partition coefficient (Wildman–Crippen LogP) is 3.86. The average molecular weight is 317 g/mol. The van der Waals surface area contributed by atoms with Gasteiger partial charge in [0.1, 0.15) is 11.5 Å². The van der Waals surface area contributed by atoms with Gasteiger partial charge in [-0.05, 0) is 35.6 Å². The molecule has 1 aliphatic carbocycles. The van der Waals surface area contributed by atoms with E-state index in [1.54, 1.807) is 18.2 Å². The number of hydrogen-bond acceptors (Lipinski definition) is 4. The number of rotatable bonds is 6. The average Bonchev–Trinajstić information content (AvgIpc) is 2.99. The molecule has 0 spiro atoms. The summed E-state index contributed by atoms with van der Waals surface area (Å²) in [4.78, 5) is 12.6. The minimum absolute atomic E-state index is 0.114. The third kappa shape index (κ3) is 3.85. The van der Waals surface area contributed by atoms with Gasteiger partial charge in [0.15, 0.2) is 6.29 Å². The highest BCUT2D eigenvalue weighted by molar-refractivity contribution is 8.07. The van der Waals surface area contributed by atoms with E-state index in [0.29, 0.717) is 36.1 Å². The second-order valence-corrected chi connectivity index (χ2v) is 5.69. The number of hydrogen-bond donors (Lipinski definition) is 2. The van der Waals surface area contributed by atoms with Crippen LogP contribution in [0.2, 0.25) is 0 Å². The number of nitrogens with zero attached hydrogens (tertiary/aromatic N) is 1. The second kappa shape index (κ2) is 7.61. The molecule has 114 valence electrons. The molecular formula is C16H16FN3OS. The molecule has 1 aliphatic rings. The standard InChI is InChI=1S/C16H16FN3OS/c1-2-3-16(22-13-6-4-11(17)5-7-13)14(9-18)15-8-12(10-21)19-20-15/h2-4,6,8-10H,1,5,7,18H2,(H,19,20)/b14-9-,16-3+. The first-order chi connectivity index (χ1) is 10.7. The van der Waals surface area contributed by atoms with Crippen LogP contribution < -0.4 is 5.73 Å². The maximum absolute atomic E-state index is 13.1. The van der Waals surface area contributed by atoms with Gasteiger partial charge in [0.25, 0.3) is 0 Å². The van der Waals surface area contributed by atoms with Crippen molar-refractivity contribution in [3.8, 4) is 0 Å². The number of nitrogens with one attached hydrogen (secondary N) is 1. The molecule has 0 aromatic carbocycles. The van der Waals surface area contributed by atoms with Crippen LogP contribution in [0.25, 0.3) is 5.57 Å².